The molecule has 1 fully saturated rings. The summed E-state index contributed by atoms with van der Waals surface area (Å²) in [5.74, 6) is -3.54. The van der Waals surface area contributed by atoms with Gasteiger partial charge in [0.1, 0.15) is 15.9 Å². The molecule has 2 aromatic rings. The number of hydrogen-bond donors (Lipinski definition) is 3. The number of nitrogens with one attached hydrogen (secondary N) is 1. The van der Waals surface area contributed by atoms with Gasteiger partial charge in [-0.2, -0.15) is 17.5 Å². The van der Waals surface area contributed by atoms with Crippen molar-refractivity contribution in [3.8, 4) is 0 Å². The largest absolute Gasteiger partial charge is 0.477 e. The maximum absolute atomic E-state index is 13.1. The minimum absolute atomic E-state index is 0.000661. The summed E-state index contributed by atoms with van der Waals surface area (Å²) in [7, 11) is 0. The number of alkyl halides is 3. The fourth-order valence-electron chi connectivity index (χ4n) is 3.46. The number of carboxylic acid groups (broad SMARTS) is 1. The lowest BCUT2D eigenvalue weighted by Gasteiger charge is -2.50. The predicted molar refractivity (Wildman–Crippen MR) is 110 cm³/mol. The highest BCUT2D eigenvalue weighted by molar-refractivity contribution is 8.04. The first-order valence-electron chi connectivity index (χ1n) is 9.11. The number of amides is 2. The summed E-state index contributed by atoms with van der Waals surface area (Å²) in [4.78, 5) is 52.9. The van der Waals surface area contributed by atoms with Gasteiger partial charge in [0.2, 0.25) is 6.04 Å². The van der Waals surface area contributed by atoms with Crippen molar-refractivity contribution in [2.45, 2.75) is 41.4 Å². The Hall–Kier alpha value is -3.19. The van der Waals surface area contributed by atoms with Crippen LogP contribution < -0.4 is 11.1 Å². The molecular formula is C15H11F3N8O5S3. The fraction of sp³-hybridized carbons (Fsp3) is 0.400. The van der Waals surface area contributed by atoms with Crippen LogP contribution in [0.4, 0.5) is 18.3 Å². The van der Waals surface area contributed by atoms with E-state index < -0.39 is 53.5 Å². The number of allylic oxidation sites excluding steroid dienone is 1. The van der Waals surface area contributed by atoms with Gasteiger partial charge in [-0.3, -0.25) is 14.5 Å². The predicted octanol–water partition coefficient (Wildman–Crippen LogP) is 1.38. The van der Waals surface area contributed by atoms with Crippen molar-refractivity contribution in [1.82, 2.24) is 29.2 Å². The van der Waals surface area contributed by atoms with Gasteiger partial charge >= 0.3 is 12.1 Å². The van der Waals surface area contributed by atoms with Crippen molar-refractivity contribution < 1.29 is 32.7 Å². The lowest BCUT2D eigenvalue weighted by atomic mass is 9.86. The Morgan fingerprint density at radius 1 is 1.35 bits per heavy atom. The second kappa shape index (κ2) is 8.87. The summed E-state index contributed by atoms with van der Waals surface area (Å²) in [6, 6.07) is -3.61. The quantitative estimate of drug-likeness (QED) is 0.342. The Labute approximate surface area is 198 Å². The lowest BCUT2D eigenvalue weighted by Crippen LogP contribution is -2.71. The first-order valence-corrected chi connectivity index (χ1v) is 11.5. The third-order valence-corrected chi connectivity index (χ3v) is 7.47. The molecule has 0 saturated carbocycles. The van der Waals surface area contributed by atoms with E-state index in [0.29, 0.717) is 23.3 Å². The molecule has 19 heteroatoms. The number of anilines is 1. The Balaban J connectivity index is 1.54. The second-order valence-electron chi connectivity index (χ2n) is 6.89. The zero-order valence-corrected chi connectivity index (χ0v) is 18.8. The number of nitrogens with zero attached hydrogens (tertiary/aromatic N) is 6. The van der Waals surface area contributed by atoms with Crippen LogP contribution in [-0.4, -0.2) is 58.8 Å². The van der Waals surface area contributed by atoms with Crippen LogP contribution in [0.3, 0.4) is 0 Å². The van der Waals surface area contributed by atoms with Crippen molar-refractivity contribution in [2.75, 3.05) is 5.73 Å². The highest BCUT2D eigenvalue weighted by Gasteiger charge is 2.54. The van der Waals surface area contributed by atoms with E-state index in [-0.39, 0.29) is 32.9 Å². The van der Waals surface area contributed by atoms with E-state index in [9.17, 15) is 37.6 Å². The Morgan fingerprint density at radius 3 is 2.68 bits per heavy atom. The molecule has 0 aliphatic carbocycles. The number of halogens is 3. The van der Waals surface area contributed by atoms with Crippen LogP contribution in [0.25, 0.3) is 0 Å². The number of fused-ring (bicyclic) bond motifs is 1. The second-order valence-corrected chi connectivity index (χ2v) is 9.79. The van der Waals surface area contributed by atoms with Crippen LogP contribution >= 0.6 is 34.8 Å². The van der Waals surface area contributed by atoms with Crippen LogP contribution in [0, 0.1) is 4.91 Å². The molecule has 180 valence electrons. The van der Waals surface area contributed by atoms with Gasteiger partial charge in [0.15, 0.2) is 16.6 Å². The molecule has 0 bridgehead atoms. The summed E-state index contributed by atoms with van der Waals surface area (Å²) in [5.41, 5.74) is 3.70. The summed E-state index contributed by atoms with van der Waals surface area (Å²) < 4.78 is 46.0. The normalized spacial score (nSPS) is 21.0. The van der Waals surface area contributed by atoms with Gasteiger partial charge in [-0.15, -0.1) is 10.0 Å². The van der Waals surface area contributed by atoms with Crippen LogP contribution in [0.15, 0.2) is 20.0 Å². The van der Waals surface area contributed by atoms with E-state index >= 15 is 0 Å². The average Bonchev–Trinajstić information content (AvgIpc) is 3.41. The Kier molecular flexibility index (Phi) is 6.25. The molecule has 3 unspecified atom stereocenters. The number of nitrogens with two attached hydrogens (primary N) is 1. The molecule has 1 saturated heterocycles. The van der Waals surface area contributed by atoms with Crippen molar-refractivity contribution in [3.63, 3.8) is 0 Å². The van der Waals surface area contributed by atoms with Gasteiger partial charge in [0.05, 0.1) is 6.04 Å². The summed E-state index contributed by atoms with van der Waals surface area (Å²) in [6.45, 7) is 0. The zero-order chi connectivity index (χ0) is 24.8. The molecule has 0 spiro atoms. The fourth-order valence-corrected chi connectivity index (χ4v) is 5.90. The number of thioether (sulfide) groups is 1. The van der Waals surface area contributed by atoms with Crippen LogP contribution in [0.5, 0.6) is 0 Å². The number of nitrogen functional groups attached to an aromatic ring is 1. The highest BCUT2D eigenvalue weighted by Crippen LogP contribution is 2.46. The molecule has 2 aromatic heterocycles. The first-order chi connectivity index (χ1) is 16.0. The van der Waals surface area contributed by atoms with Gasteiger partial charge in [-0.25, -0.2) is 9.78 Å². The average molecular weight is 536 g/mol. The molecule has 2 aliphatic heterocycles. The topological polar surface area (TPSA) is 194 Å². The molecule has 4 heterocycles. The molecule has 0 aromatic carbocycles. The number of β-lactam (4-membered cyclic amide) rings is 1. The van der Waals surface area contributed by atoms with Crippen molar-refractivity contribution in [1.29, 1.82) is 0 Å². The molecular weight excluding hydrogens is 525 g/mol. The Bertz CT molecular complexity index is 1210. The molecule has 13 nitrogen and oxygen atoms in total. The van der Waals surface area contributed by atoms with E-state index in [4.69, 9.17) is 5.73 Å². The number of aromatic nitrogens is 4. The van der Waals surface area contributed by atoms with E-state index in [1.165, 1.54) is 0 Å². The molecule has 34 heavy (non-hydrogen) atoms. The van der Waals surface area contributed by atoms with Crippen molar-refractivity contribution in [2.24, 2.45) is 5.18 Å². The number of hydrogen-bond acceptors (Lipinski definition) is 13. The maximum Gasteiger partial charge on any atom is 0.437 e. The number of carbonyl (C=O) groups excluding carboxylic acids is 2. The summed E-state index contributed by atoms with van der Waals surface area (Å²) in [5, 5.41) is 17.7. The number of carbonyl (C=O) groups is 3. The SMILES string of the molecule is Nc1nc(C(N=O)C(=O)NC2C(=O)N3C(C(=O)O)=C(Sc4snnc4C(F)(F)F)CCC23)ns1. The summed E-state index contributed by atoms with van der Waals surface area (Å²) >= 11 is 1.73. The molecule has 3 atom stereocenters. The minimum atomic E-state index is -4.78. The minimum Gasteiger partial charge on any atom is -0.477 e. The van der Waals surface area contributed by atoms with Crippen LogP contribution in [-0.2, 0) is 20.6 Å². The van der Waals surface area contributed by atoms with Gasteiger partial charge < -0.3 is 16.2 Å². The smallest absolute Gasteiger partial charge is 0.437 e. The molecule has 2 aliphatic rings. The number of aliphatic carboxylic acids is 1. The molecule has 4 N–H and O–H groups in total. The van der Waals surface area contributed by atoms with Crippen LogP contribution in [0.1, 0.15) is 30.4 Å². The van der Waals surface area contributed by atoms with E-state index in [1.807, 2.05) is 0 Å². The molecule has 4 rings (SSSR count). The van der Waals surface area contributed by atoms with Crippen LogP contribution in [0.2, 0.25) is 0 Å². The van der Waals surface area contributed by atoms with E-state index in [0.717, 1.165) is 16.4 Å². The van der Waals surface area contributed by atoms with Crippen molar-refractivity contribution in [3.05, 3.63) is 27.0 Å². The maximum atomic E-state index is 13.1. The standard InChI is InChI=1S/C15H11F3N8O5S3/c16-15(17,18)8-13(33-25-22-8)32-4-2-1-3-5(11(28)26(3)7(4)12(29)30)20-10(27)6(23-31)9-21-14(19)34-24-9/h3,5-6H,1-2H2,(H,20,27)(H,29,30)(H2,19,21,24). The molecule has 2 amide bonds. The first kappa shape index (κ1) is 24.0. The van der Waals surface area contributed by atoms with Gasteiger partial charge in [-0.1, -0.05) is 16.3 Å². The number of nitroso groups, excluding NO2 is 1. The third kappa shape index (κ3) is 4.20. The van der Waals surface area contributed by atoms with E-state index in [1.54, 1.807) is 0 Å². The zero-order valence-electron chi connectivity index (χ0n) is 16.3. The van der Waals surface area contributed by atoms with Gasteiger partial charge in [-0.05, 0) is 29.6 Å². The van der Waals surface area contributed by atoms with Gasteiger partial charge in [0.25, 0.3) is 11.8 Å². The number of carboxylic acids is 1. The third-order valence-electron chi connectivity index (χ3n) is 4.89. The summed E-state index contributed by atoms with van der Waals surface area (Å²) in [6.07, 6.45) is -4.62. The van der Waals surface area contributed by atoms with Crippen molar-refractivity contribution >= 4 is 57.7 Å². The Morgan fingerprint density at radius 2 is 2.09 bits per heavy atom. The highest BCUT2D eigenvalue weighted by atomic mass is 32.2. The monoisotopic (exact) mass is 536 g/mol. The van der Waals surface area contributed by atoms with Gasteiger partial charge in [0, 0.05) is 16.4 Å². The molecule has 0 radical (unpaired) electrons. The lowest BCUT2D eigenvalue weighted by molar-refractivity contribution is -0.156. The van der Waals surface area contributed by atoms with E-state index in [2.05, 4.69) is 29.4 Å². The number of rotatable bonds is 7.